The largest absolute Gasteiger partial charge is 0.481 e. The molecule has 1 fully saturated rings. The Morgan fingerprint density at radius 3 is 2.80 bits per heavy atom. The molecular weight excluding hydrogens is 194 g/mol. The molecule has 1 aromatic rings. The number of aromatic nitrogens is 2. The molecule has 2 rings (SSSR count). The molecule has 0 bridgehead atoms. The maximum Gasteiger partial charge on any atom is 0.306 e. The molecule has 0 saturated carbocycles. The summed E-state index contributed by atoms with van der Waals surface area (Å²) in [5.74, 6) is 0.198. The van der Waals surface area contributed by atoms with E-state index >= 15 is 0 Å². The van der Waals surface area contributed by atoms with Crippen molar-refractivity contribution in [1.29, 1.82) is 0 Å². The highest BCUT2D eigenvalue weighted by Gasteiger charge is 2.36. The Morgan fingerprint density at radius 2 is 2.33 bits per heavy atom. The Hall–Kier alpha value is -1.52. The topological polar surface area (TPSA) is 58.4 Å². The van der Waals surface area contributed by atoms with E-state index in [1.807, 2.05) is 17.8 Å². The van der Waals surface area contributed by atoms with E-state index in [4.69, 9.17) is 5.11 Å². The Bertz CT molecular complexity index is 368. The zero-order chi connectivity index (χ0) is 11.0. The average molecular weight is 209 g/mol. The van der Waals surface area contributed by atoms with Gasteiger partial charge in [-0.2, -0.15) is 0 Å². The first kappa shape index (κ1) is 10.0. The fraction of sp³-hybridized carbons (Fsp3) is 0.600. The third-order valence-corrected chi connectivity index (χ3v) is 3.09. The van der Waals surface area contributed by atoms with Crippen molar-refractivity contribution in [2.75, 3.05) is 18.0 Å². The van der Waals surface area contributed by atoms with E-state index in [0.29, 0.717) is 0 Å². The maximum absolute atomic E-state index is 10.8. The van der Waals surface area contributed by atoms with Crippen LogP contribution in [0, 0.1) is 11.8 Å². The Balaban J connectivity index is 1.94. The minimum atomic E-state index is -0.709. The van der Waals surface area contributed by atoms with Crippen molar-refractivity contribution in [3.05, 3.63) is 12.4 Å². The van der Waals surface area contributed by atoms with E-state index in [1.165, 1.54) is 0 Å². The first-order valence-electron chi connectivity index (χ1n) is 5.04. The Labute approximate surface area is 88.3 Å². The van der Waals surface area contributed by atoms with Gasteiger partial charge in [-0.3, -0.25) is 4.79 Å². The van der Waals surface area contributed by atoms with Crippen LogP contribution < -0.4 is 4.90 Å². The lowest BCUT2D eigenvalue weighted by atomic mass is 9.87. The number of carbonyl (C=O) groups is 1. The summed E-state index contributed by atoms with van der Waals surface area (Å²) in [6.45, 7) is 3.35. The van der Waals surface area contributed by atoms with Crippen molar-refractivity contribution in [3.8, 4) is 0 Å². The van der Waals surface area contributed by atoms with Crippen LogP contribution in [0.1, 0.15) is 6.92 Å². The number of carboxylic acids is 1. The standard InChI is InChI=1S/C10H15N3O2/c1-7(9(14)15)8-5-13(6-8)10-11-3-4-12(10)2/h3-4,7-8H,5-6H2,1-2H3,(H,14,15). The summed E-state index contributed by atoms with van der Waals surface area (Å²) in [6.07, 6.45) is 3.65. The van der Waals surface area contributed by atoms with E-state index in [-0.39, 0.29) is 11.8 Å². The molecule has 0 amide bonds. The van der Waals surface area contributed by atoms with Gasteiger partial charge in [0.25, 0.3) is 0 Å². The molecule has 2 heterocycles. The van der Waals surface area contributed by atoms with Crippen molar-refractivity contribution in [3.63, 3.8) is 0 Å². The molecule has 0 spiro atoms. The molecule has 1 N–H and O–H groups in total. The molecule has 1 atom stereocenters. The predicted molar refractivity (Wildman–Crippen MR) is 55.7 cm³/mol. The van der Waals surface area contributed by atoms with Crippen LogP contribution in [0.2, 0.25) is 0 Å². The second-order valence-corrected chi connectivity index (χ2v) is 4.13. The van der Waals surface area contributed by atoms with Crippen LogP contribution in [0.15, 0.2) is 12.4 Å². The second-order valence-electron chi connectivity index (χ2n) is 4.13. The number of imidazole rings is 1. The summed E-state index contributed by atoms with van der Waals surface area (Å²) < 4.78 is 1.95. The number of anilines is 1. The summed E-state index contributed by atoms with van der Waals surface area (Å²) >= 11 is 0. The van der Waals surface area contributed by atoms with E-state index in [2.05, 4.69) is 9.88 Å². The highest BCUT2D eigenvalue weighted by molar-refractivity contribution is 5.70. The highest BCUT2D eigenvalue weighted by atomic mass is 16.4. The fourth-order valence-electron chi connectivity index (χ4n) is 1.86. The number of nitrogens with zero attached hydrogens (tertiary/aromatic N) is 3. The van der Waals surface area contributed by atoms with Crippen LogP contribution >= 0.6 is 0 Å². The quantitative estimate of drug-likeness (QED) is 0.791. The minimum absolute atomic E-state index is 0.249. The lowest BCUT2D eigenvalue weighted by Crippen LogP contribution is -2.52. The van der Waals surface area contributed by atoms with Crippen LogP contribution in [0.3, 0.4) is 0 Å². The zero-order valence-corrected chi connectivity index (χ0v) is 8.92. The van der Waals surface area contributed by atoms with Gasteiger partial charge in [0.2, 0.25) is 5.95 Å². The van der Waals surface area contributed by atoms with Crippen molar-refractivity contribution >= 4 is 11.9 Å². The van der Waals surface area contributed by atoms with Crippen molar-refractivity contribution < 1.29 is 9.90 Å². The zero-order valence-electron chi connectivity index (χ0n) is 8.92. The molecule has 15 heavy (non-hydrogen) atoms. The van der Waals surface area contributed by atoms with Crippen LogP contribution in [0.4, 0.5) is 5.95 Å². The number of aryl methyl sites for hydroxylation is 1. The Kier molecular flexibility index (Phi) is 2.38. The number of aliphatic carboxylic acids is 1. The third kappa shape index (κ3) is 1.69. The lowest BCUT2D eigenvalue weighted by molar-refractivity contribution is -0.143. The summed E-state index contributed by atoms with van der Waals surface area (Å²) in [6, 6.07) is 0. The molecular formula is C10H15N3O2. The summed E-state index contributed by atoms with van der Waals surface area (Å²) in [5.41, 5.74) is 0. The van der Waals surface area contributed by atoms with Crippen LogP contribution in [0.25, 0.3) is 0 Å². The predicted octanol–water partition coefficient (Wildman–Crippen LogP) is 0.577. The maximum atomic E-state index is 10.8. The monoisotopic (exact) mass is 209 g/mol. The average Bonchev–Trinajstić information content (AvgIpc) is 2.49. The summed E-state index contributed by atoms with van der Waals surface area (Å²) in [7, 11) is 1.94. The first-order chi connectivity index (χ1) is 7.09. The molecule has 1 saturated heterocycles. The van der Waals surface area contributed by atoms with Crippen LogP contribution in [-0.4, -0.2) is 33.7 Å². The lowest BCUT2D eigenvalue weighted by Gasteiger charge is -2.41. The van der Waals surface area contributed by atoms with E-state index in [0.717, 1.165) is 19.0 Å². The van der Waals surface area contributed by atoms with Gasteiger partial charge in [0.05, 0.1) is 5.92 Å². The second kappa shape index (κ2) is 3.56. The van der Waals surface area contributed by atoms with Gasteiger partial charge in [0.1, 0.15) is 0 Å². The molecule has 1 unspecified atom stereocenters. The molecule has 1 aromatic heterocycles. The summed E-state index contributed by atoms with van der Waals surface area (Å²) in [5, 5.41) is 8.85. The van der Waals surface area contributed by atoms with Gasteiger partial charge < -0.3 is 14.6 Å². The van der Waals surface area contributed by atoms with Gasteiger partial charge in [-0.15, -0.1) is 0 Å². The van der Waals surface area contributed by atoms with Gasteiger partial charge in [-0.05, 0) is 0 Å². The fourth-order valence-corrected chi connectivity index (χ4v) is 1.86. The molecule has 1 aliphatic heterocycles. The van der Waals surface area contributed by atoms with Gasteiger partial charge in [0, 0.05) is 38.4 Å². The number of carboxylic acid groups (broad SMARTS) is 1. The molecule has 82 valence electrons. The van der Waals surface area contributed by atoms with Gasteiger partial charge in [0.15, 0.2) is 0 Å². The molecule has 1 aliphatic rings. The molecule has 5 heteroatoms. The molecule has 0 aromatic carbocycles. The SMILES string of the molecule is CC(C(=O)O)C1CN(c2nccn2C)C1. The van der Waals surface area contributed by atoms with Gasteiger partial charge in [-0.1, -0.05) is 6.92 Å². The van der Waals surface area contributed by atoms with Crippen molar-refractivity contribution in [2.45, 2.75) is 6.92 Å². The Morgan fingerprint density at radius 1 is 1.67 bits per heavy atom. The number of hydrogen-bond acceptors (Lipinski definition) is 3. The number of rotatable bonds is 3. The molecule has 5 nitrogen and oxygen atoms in total. The smallest absolute Gasteiger partial charge is 0.306 e. The first-order valence-corrected chi connectivity index (χ1v) is 5.04. The number of hydrogen-bond donors (Lipinski definition) is 1. The normalized spacial score (nSPS) is 18.7. The molecule has 0 radical (unpaired) electrons. The van der Waals surface area contributed by atoms with Crippen LogP contribution in [-0.2, 0) is 11.8 Å². The van der Waals surface area contributed by atoms with E-state index in [1.54, 1.807) is 13.1 Å². The van der Waals surface area contributed by atoms with Gasteiger partial charge in [-0.25, -0.2) is 4.98 Å². The third-order valence-electron chi connectivity index (χ3n) is 3.09. The van der Waals surface area contributed by atoms with Crippen molar-refractivity contribution in [1.82, 2.24) is 9.55 Å². The molecule has 0 aliphatic carbocycles. The van der Waals surface area contributed by atoms with Crippen LogP contribution in [0.5, 0.6) is 0 Å². The highest BCUT2D eigenvalue weighted by Crippen LogP contribution is 2.27. The van der Waals surface area contributed by atoms with Gasteiger partial charge >= 0.3 is 5.97 Å². The van der Waals surface area contributed by atoms with E-state index in [9.17, 15) is 4.79 Å². The van der Waals surface area contributed by atoms with Crippen molar-refractivity contribution in [2.24, 2.45) is 18.9 Å². The van der Waals surface area contributed by atoms with E-state index < -0.39 is 5.97 Å². The summed E-state index contributed by atoms with van der Waals surface area (Å²) in [4.78, 5) is 17.1. The minimum Gasteiger partial charge on any atom is -0.481 e.